The molecule has 1 aliphatic rings. The number of carbonyl (C=O) groups excluding carboxylic acids is 1. The van der Waals surface area contributed by atoms with Gasteiger partial charge in [0.05, 0.1) is 28.8 Å². The van der Waals surface area contributed by atoms with Crippen molar-refractivity contribution >= 4 is 40.2 Å². The van der Waals surface area contributed by atoms with Crippen molar-refractivity contribution in [1.82, 2.24) is 14.9 Å². The van der Waals surface area contributed by atoms with E-state index in [4.69, 9.17) is 16.3 Å². The molecule has 0 unspecified atom stereocenters. The van der Waals surface area contributed by atoms with Gasteiger partial charge < -0.3 is 10.1 Å². The van der Waals surface area contributed by atoms with E-state index in [9.17, 15) is 9.59 Å². The molecule has 1 saturated heterocycles. The van der Waals surface area contributed by atoms with E-state index in [0.29, 0.717) is 40.8 Å². The zero-order valence-corrected chi connectivity index (χ0v) is 16.4. The van der Waals surface area contributed by atoms with Crippen LogP contribution in [-0.2, 0) is 16.1 Å². The predicted molar refractivity (Wildman–Crippen MR) is 104 cm³/mol. The molecule has 1 aromatic heterocycles. The van der Waals surface area contributed by atoms with Crippen LogP contribution in [-0.4, -0.2) is 40.0 Å². The highest BCUT2D eigenvalue weighted by molar-refractivity contribution is 8.00. The van der Waals surface area contributed by atoms with Crippen molar-refractivity contribution in [3.8, 4) is 0 Å². The van der Waals surface area contributed by atoms with Gasteiger partial charge in [0.1, 0.15) is 0 Å². The van der Waals surface area contributed by atoms with Crippen molar-refractivity contribution in [3.05, 3.63) is 33.6 Å². The highest BCUT2D eigenvalue weighted by Gasteiger charge is 2.23. The second-order valence-electron chi connectivity index (χ2n) is 6.26. The molecule has 8 heteroatoms. The van der Waals surface area contributed by atoms with E-state index in [1.165, 1.54) is 11.8 Å². The van der Waals surface area contributed by atoms with Crippen LogP contribution >= 0.6 is 23.4 Å². The van der Waals surface area contributed by atoms with Crippen molar-refractivity contribution in [2.24, 2.45) is 0 Å². The maximum atomic E-state index is 13.0. The zero-order valence-electron chi connectivity index (χ0n) is 14.8. The first-order valence-electron chi connectivity index (χ1n) is 8.75. The summed E-state index contributed by atoms with van der Waals surface area (Å²) in [7, 11) is 0. The van der Waals surface area contributed by atoms with Crippen LogP contribution in [0.2, 0.25) is 5.02 Å². The molecular formula is C18H22ClN3O3S. The number of amides is 1. The molecule has 1 N–H and O–H groups in total. The fourth-order valence-corrected chi connectivity index (χ4v) is 4.06. The Morgan fingerprint density at radius 3 is 3.04 bits per heavy atom. The molecule has 3 rings (SSSR count). The Kier molecular flexibility index (Phi) is 6.21. The number of nitrogens with zero attached hydrogens (tertiary/aromatic N) is 2. The van der Waals surface area contributed by atoms with Crippen molar-refractivity contribution in [2.75, 3.05) is 13.2 Å². The summed E-state index contributed by atoms with van der Waals surface area (Å²) in [6.45, 7) is 5.40. The molecule has 26 heavy (non-hydrogen) atoms. The molecule has 2 heterocycles. The summed E-state index contributed by atoms with van der Waals surface area (Å²) in [4.78, 5) is 29.8. The van der Waals surface area contributed by atoms with Crippen molar-refractivity contribution in [3.63, 3.8) is 0 Å². The van der Waals surface area contributed by atoms with E-state index in [0.717, 1.165) is 12.8 Å². The van der Waals surface area contributed by atoms with Gasteiger partial charge in [-0.05, 0) is 44.9 Å². The molecule has 140 valence electrons. The fourth-order valence-electron chi connectivity index (χ4n) is 2.95. The third-order valence-electron chi connectivity index (χ3n) is 4.29. The number of rotatable bonds is 6. The summed E-state index contributed by atoms with van der Waals surface area (Å²) < 4.78 is 7.32. The number of hydrogen-bond acceptors (Lipinski definition) is 5. The summed E-state index contributed by atoms with van der Waals surface area (Å²) in [6, 6.07) is 5.06. The first-order valence-corrected chi connectivity index (χ1v) is 10.0. The van der Waals surface area contributed by atoms with E-state index in [1.807, 2.05) is 6.92 Å². The quantitative estimate of drug-likeness (QED) is 0.601. The second-order valence-corrected chi connectivity index (χ2v) is 8.01. The lowest BCUT2D eigenvalue weighted by atomic mass is 10.2. The minimum absolute atomic E-state index is 0.00150. The number of benzene rings is 1. The van der Waals surface area contributed by atoms with Gasteiger partial charge in [-0.1, -0.05) is 23.4 Å². The van der Waals surface area contributed by atoms with Gasteiger partial charge in [-0.15, -0.1) is 0 Å². The number of carbonyl (C=O) groups is 1. The maximum absolute atomic E-state index is 13.0. The van der Waals surface area contributed by atoms with E-state index < -0.39 is 0 Å². The molecule has 6 nitrogen and oxygen atoms in total. The molecular weight excluding hydrogens is 374 g/mol. The summed E-state index contributed by atoms with van der Waals surface area (Å²) in [6.07, 6.45) is 1.91. The predicted octanol–water partition coefficient (Wildman–Crippen LogP) is 2.85. The molecule has 0 bridgehead atoms. The van der Waals surface area contributed by atoms with Crippen LogP contribution in [0, 0.1) is 0 Å². The molecule has 1 amide bonds. The lowest BCUT2D eigenvalue weighted by molar-refractivity contribution is -0.120. The van der Waals surface area contributed by atoms with E-state index in [-0.39, 0.29) is 22.8 Å². The van der Waals surface area contributed by atoms with Crippen molar-refractivity contribution in [1.29, 1.82) is 0 Å². The van der Waals surface area contributed by atoms with Gasteiger partial charge in [0.25, 0.3) is 5.56 Å². The van der Waals surface area contributed by atoms with Crippen LogP contribution < -0.4 is 10.9 Å². The van der Waals surface area contributed by atoms with E-state index in [1.54, 1.807) is 29.7 Å². The van der Waals surface area contributed by atoms with Crippen LogP contribution in [0.5, 0.6) is 0 Å². The highest BCUT2D eigenvalue weighted by atomic mass is 35.5. The van der Waals surface area contributed by atoms with E-state index in [2.05, 4.69) is 10.3 Å². The third kappa shape index (κ3) is 4.22. The average Bonchev–Trinajstić information content (AvgIpc) is 3.11. The van der Waals surface area contributed by atoms with Crippen LogP contribution in [0.4, 0.5) is 0 Å². The number of fused-ring (bicyclic) bond motifs is 1. The topological polar surface area (TPSA) is 73.2 Å². The maximum Gasteiger partial charge on any atom is 0.262 e. The van der Waals surface area contributed by atoms with Crippen LogP contribution in [0.1, 0.15) is 26.7 Å². The van der Waals surface area contributed by atoms with Gasteiger partial charge in [0.15, 0.2) is 5.16 Å². The van der Waals surface area contributed by atoms with Gasteiger partial charge in [-0.25, -0.2) is 4.98 Å². The Balaban J connectivity index is 2.02. The zero-order chi connectivity index (χ0) is 18.7. The van der Waals surface area contributed by atoms with Gasteiger partial charge >= 0.3 is 0 Å². The molecule has 2 aromatic rings. The SMILES string of the molecule is CCNC(=O)[C@@H](C)Sc1nc2cc(Cl)ccc2c(=O)n1C[C@@H]1CCCO1. The Morgan fingerprint density at radius 1 is 1.54 bits per heavy atom. The molecule has 1 fully saturated rings. The minimum atomic E-state index is -0.366. The fraction of sp³-hybridized carbons (Fsp3) is 0.500. The Hall–Kier alpha value is -1.57. The Morgan fingerprint density at radius 2 is 2.35 bits per heavy atom. The number of ether oxygens (including phenoxy) is 1. The summed E-state index contributed by atoms with van der Waals surface area (Å²) in [5.41, 5.74) is 0.407. The number of aromatic nitrogens is 2. The first kappa shape index (κ1) is 19.2. The van der Waals surface area contributed by atoms with Gasteiger partial charge in [-0.3, -0.25) is 14.2 Å². The third-order valence-corrected chi connectivity index (χ3v) is 5.62. The molecule has 2 atom stereocenters. The summed E-state index contributed by atoms with van der Waals surface area (Å²) >= 11 is 7.34. The molecule has 1 aliphatic heterocycles. The largest absolute Gasteiger partial charge is 0.376 e. The molecule has 0 aliphatic carbocycles. The summed E-state index contributed by atoms with van der Waals surface area (Å²) in [5, 5.41) is 3.98. The number of halogens is 1. The monoisotopic (exact) mass is 395 g/mol. The van der Waals surface area contributed by atoms with Gasteiger partial charge in [0, 0.05) is 18.2 Å². The van der Waals surface area contributed by atoms with Crippen LogP contribution in [0.25, 0.3) is 10.9 Å². The van der Waals surface area contributed by atoms with Crippen molar-refractivity contribution in [2.45, 2.75) is 49.7 Å². The normalized spacial score (nSPS) is 18.2. The van der Waals surface area contributed by atoms with E-state index >= 15 is 0 Å². The lowest BCUT2D eigenvalue weighted by Gasteiger charge is -2.18. The lowest BCUT2D eigenvalue weighted by Crippen LogP contribution is -2.33. The van der Waals surface area contributed by atoms with Gasteiger partial charge in [-0.2, -0.15) is 0 Å². The number of nitrogens with one attached hydrogen (secondary N) is 1. The number of hydrogen-bond donors (Lipinski definition) is 1. The second kappa shape index (κ2) is 8.41. The van der Waals surface area contributed by atoms with Crippen LogP contribution in [0.3, 0.4) is 0 Å². The van der Waals surface area contributed by atoms with Crippen molar-refractivity contribution < 1.29 is 9.53 Å². The minimum Gasteiger partial charge on any atom is -0.376 e. The van der Waals surface area contributed by atoms with Gasteiger partial charge in [0.2, 0.25) is 5.91 Å². The van der Waals surface area contributed by atoms with Crippen LogP contribution in [0.15, 0.2) is 28.2 Å². The average molecular weight is 396 g/mol. The molecule has 0 radical (unpaired) electrons. The highest BCUT2D eigenvalue weighted by Crippen LogP contribution is 2.25. The smallest absolute Gasteiger partial charge is 0.262 e. The molecule has 1 aromatic carbocycles. The Labute approximate surface area is 161 Å². The first-order chi connectivity index (χ1) is 12.5. The number of thioether (sulfide) groups is 1. The molecule has 0 spiro atoms. The molecule has 0 saturated carbocycles. The standard InChI is InChI=1S/C18H22ClN3O3S/c1-3-20-16(23)11(2)26-18-21-15-9-12(19)6-7-14(15)17(24)22(18)10-13-5-4-8-25-13/h6-7,9,11,13H,3-5,8,10H2,1-2H3,(H,20,23)/t11-,13+/m1/s1. The summed E-state index contributed by atoms with van der Waals surface area (Å²) in [5.74, 6) is -0.0818. The Bertz CT molecular complexity index is 865.